The van der Waals surface area contributed by atoms with Crippen LogP contribution in [0, 0.1) is 5.41 Å². The van der Waals surface area contributed by atoms with Crippen LogP contribution in [0.3, 0.4) is 0 Å². The molecule has 0 fully saturated rings. The highest BCUT2D eigenvalue weighted by Gasteiger charge is 2.42. The van der Waals surface area contributed by atoms with Crippen LogP contribution in [0.4, 0.5) is 5.82 Å². The predicted octanol–water partition coefficient (Wildman–Crippen LogP) is 4.46. The van der Waals surface area contributed by atoms with Crippen LogP contribution in [-0.2, 0) is 4.79 Å². The number of aromatic nitrogens is 2. The number of hydrogen-bond acceptors (Lipinski definition) is 7. The van der Waals surface area contributed by atoms with E-state index in [1.165, 1.54) is 11.8 Å². The molecule has 0 spiro atoms. The maximum absolute atomic E-state index is 13.2. The van der Waals surface area contributed by atoms with Gasteiger partial charge in [-0.2, -0.15) is 5.10 Å². The number of carbonyl (C=O) groups is 1. The summed E-state index contributed by atoms with van der Waals surface area (Å²) in [5.74, 6) is 1.45. The third-order valence-electron chi connectivity index (χ3n) is 6.62. The molecule has 3 unspecified atom stereocenters. The highest BCUT2D eigenvalue weighted by molar-refractivity contribution is 8.13. The van der Waals surface area contributed by atoms with Gasteiger partial charge in [0.15, 0.2) is 21.9 Å². The monoisotopic (exact) mass is 447 g/mol. The summed E-state index contributed by atoms with van der Waals surface area (Å²) in [6.07, 6.45) is 11.6. The molecule has 7 nitrogen and oxygen atoms in total. The van der Waals surface area contributed by atoms with Crippen LogP contribution in [0.15, 0.2) is 68.4 Å². The number of amidine groups is 1. The first-order valence-electron chi connectivity index (χ1n) is 10.9. The lowest BCUT2D eigenvalue weighted by Crippen LogP contribution is -2.34. The smallest absolute Gasteiger partial charge is 0.168 e. The number of aliphatic imine (C=N–C) groups is 1. The van der Waals surface area contributed by atoms with Gasteiger partial charge in [0.1, 0.15) is 5.76 Å². The van der Waals surface area contributed by atoms with Crippen LogP contribution in [0.5, 0.6) is 0 Å². The van der Waals surface area contributed by atoms with Gasteiger partial charge in [-0.15, -0.1) is 0 Å². The number of furan rings is 1. The number of nitrogens with one attached hydrogen (secondary N) is 2. The normalized spacial score (nSPS) is 27.7. The molecule has 0 aromatic carbocycles. The molecular weight excluding hydrogens is 422 g/mol. The van der Waals surface area contributed by atoms with Crippen LogP contribution in [0.25, 0.3) is 0 Å². The third kappa shape index (κ3) is 3.08. The van der Waals surface area contributed by atoms with E-state index in [0.717, 1.165) is 45.1 Å². The Kier molecular flexibility index (Phi) is 4.30. The van der Waals surface area contributed by atoms with E-state index in [9.17, 15) is 4.79 Å². The quantitative estimate of drug-likeness (QED) is 0.707. The molecule has 2 N–H and O–H groups in total. The molecule has 2 aromatic rings. The first-order valence-corrected chi connectivity index (χ1v) is 11.7. The summed E-state index contributed by atoms with van der Waals surface area (Å²) in [7, 11) is 2.06. The minimum atomic E-state index is -0.255. The first kappa shape index (κ1) is 19.7. The maximum Gasteiger partial charge on any atom is 0.168 e. The SMILES string of the molecule is CN1C(Sc2ccc(C3C4=C(CC(C)(C)CC4=O)Nc4n[nH]cc43)o2)=NC2C=CC=CC21. The van der Waals surface area contributed by atoms with Crippen molar-refractivity contribution >= 4 is 28.5 Å². The van der Waals surface area contributed by atoms with Gasteiger partial charge in [0.25, 0.3) is 0 Å². The average Bonchev–Trinajstić information content (AvgIpc) is 3.46. The molecular formula is C24H25N5O2S. The summed E-state index contributed by atoms with van der Waals surface area (Å²) in [5, 5.41) is 12.4. The van der Waals surface area contributed by atoms with E-state index < -0.39 is 0 Å². The molecule has 4 aliphatic rings. The van der Waals surface area contributed by atoms with Gasteiger partial charge in [0.2, 0.25) is 0 Å². The Bertz CT molecular complexity index is 1230. The van der Waals surface area contributed by atoms with Gasteiger partial charge in [0, 0.05) is 36.5 Å². The minimum absolute atomic E-state index is 0.0731. The van der Waals surface area contributed by atoms with E-state index in [0.29, 0.717) is 6.42 Å². The van der Waals surface area contributed by atoms with Crippen molar-refractivity contribution in [3.8, 4) is 0 Å². The largest absolute Gasteiger partial charge is 0.453 e. The lowest BCUT2D eigenvalue weighted by molar-refractivity contribution is -0.118. The molecule has 3 atom stereocenters. The third-order valence-corrected chi connectivity index (χ3v) is 7.62. The second-order valence-electron chi connectivity index (χ2n) is 9.61. The van der Waals surface area contributed by atoms with Crippen LogP contribution in [0.1, 0.15) is 43.9 Å². The number of anilines is 1. The predicted molar refractivity (Wildman–Crippen MR) is 125 cm³/mol. The lowest BCUT2D eigenvalue weighted by atomic mass is 9.70. The summed E-state index contributed by atoms with van der Waals surface area (Å²) >= 11 is 1.52. The molecule has 6 rings (SSSR count). The first-order chi connectivity index (χ1) is 15.4. The number of thioether (sulfide) groups is 1. The highest BCUT2D eigenvalue weighted by Crippen LogP contribution is 2.49. The zero-order chi connectivity index (χ0) is 22.0. The lowest BCUT2D eigenvalue weighted by Gasteiger charge is -2.37. The zero-order valence-electron chi connectivity index (χ0n) is 18.3. The number of ketones is 1. The van der Waals surface area contributed by atoms with Crippen LogP contribution < -0.4 is 5.32 Å². The fourth-order valence-electron chi connectivity index (χ4n) is 5.13. The number of rotatable bonds is 2. The standard InChI is InChI=1S/C24H25N5O2S/c1-24(2)10-15-21(17(30)11-24)20(13-12-25-28-22(13)26-15)18-8-9-19(31-18)32-23-27-14-6-4-5-7-16(14)29(23)3/h4-9,12,14,16,20H,10-11H2,1-3H3,(H2,25,26,28). The Labute approximate surface area is 190 Å². The number of hydrogen-bond donors (Lipinski definition) is 2. The molecule has 2 aliphatic heterocycles. The molecule has 4 heterocycles. The van der Waals surface area contributed by atoms with Crippen molar-refractivity contribution in [3.05, 3.63) is 65.2 Å². The van der Waals surface area contributed by atoms with E-state index >= 15 is 0 Å². The van der Waals surface area contributed by atoms with Gasteiger partial charge in [-0.25, -0.2) is 0 Å². The van der Waals surface area contributed by atoms with E-state index in [2.05, 4.69) is 59.5 Å². The van der Waals surface area contributed by atoms with Gasteiger partial charge in [-0.1, -0.05) is 38.2 Å². The van der Waals surface area contributed by atoms with Crippen molar-refractivity contribution in [2.45, 2.75) is 49.8 Å². The molecule has 8 heteroatoms. The van der Waals surface area contributed by atoms with Crippen molar-refractivity contribution in [1.82, 2.24) is 15.1 Å². The number of carbonyl (C=O) groups excluding carboxylic acids is 1. The molecule has 32 heavy (non-hydrogen) atoms. The average molecular weight is 448 g/mol. The fraction of sp³-hybridized carbons (Fsp3) is 0.375. The molecule has 0 radical (unpaired) electrons. The Hall–Kier alpha value is -3.00. The van der Waals surface area contributed by atoms with Crippen LogP contribution >= 0.6 is 11.8 Å². The Morgan fingerprint density at radius 3 is 2.91 bits per heavy atom. The van der Waals surface area contributed by atoms with Gasteiger partial charge in [-0.3, -0.25) is 14.9 Å². The Morgan fingerprint density at radius 1 is 1.22 bits per heavy atom. The van der Waals surface area contributed by atoms with Gasteiger partial charge >= 0.3 is 0 Å². The molecule has 2 aromatic heterocycles. The molecule has 0 amide bonds. The zero-order valence-corrected chi connectivity index (χ0v) is 19.1. The van der Waals surface area contributed by atoms with E-state index in [-0.39, 0.29) is 29.2 Å². The number of likely N-dealkylation sites (N-methyl/N-ethyl adjacent to an activating group) is 1. The molecule has 2 aliphatic carbocycles. The summed E-state index contributed by atoms with van der Waals surface area (Å²) in [6.45, 7) is 4.27. The Morgan fingerprint density at radius 2 is 2.06 bits per heavy atom. The van der Waals surface area contributed by atoms with Gasteiger partial charge in [0.05, 0.1) is 18.0 Å². The van der Waals surface area contributed by atoms with Gasteiger partial charge < -0.3 is 14.6 Å². The summed E-state index contributed by atoms with van der Waals surface area (Å²) in [4.78, 5) is 20.3. The van der Waals surface area contributed by atoms with Crippen molar-refractivity contribution in [2.75, 3.05) is 12.4 Å². The second-order valence-corrected chi connectivity index (χ2v) is 10.6. The fourth-order valence-corrected chi connectivity index (χ4v) is 6.03. The number of fused-ring (bicyclic) bond motifs is 2. The van der Waals surface area contributed by atoms with E-state index in [1.807, 2.05) is 24.4 Å². The van der Waals surface area contributed by atoms with E-state index in [4.69, 9.17) is 9.41 Å². The number of H-pyrrole nitrogens is 1. The molecule has 0 bridgehead atoms. The van der Waals surface area contributed by atoms with Crippen molar-refractivity contribution < 1.29 is 9.21 Å². The van der Waals surface area contributed by atoms with Crippen LogP contribution in [0.2, 0.25) is 0 Å². The van der Waals surface area contributed by atoms with Crippen LogP contribution in [-0.4, -0.2) is 45.2 Å². The molecule has 164 valence electrons. The number of allylic oxidation sites excluding steroid dienone is 4. The number of Topliss-reactive ketones (excluding diaryl/α,β-unsaturated/α-hetero) is 1. The van der Waals surface area contributed by atoms with E-state index in [1.54, 1.807) is 0 Å². The number of aromatic amines is 1. The molecule has 0 saturated heterocycles. The van der Waals surface area contributed by atoms with Gasteiger partial charge in [-0.05, 0) is 35.7 Å². The van der Waals surface area contributed by atoms with Crippen molar-refractivity contribution in [3.63, 3.8) is 0 Å². The van der Waals surface area contributed by atoms with Crippen molar-refractivity contribution in [2.24, 2.45) is 10.4 Å². The molecule has 0 saturated carbocycles. The maximum atomic E-state index is 13.2. The number of nitrogens with zero attached hydrogens (tertiary/aromatic N) is 3. The van der Waals surface area contributed by atoms with Crippen molar-refractivity contribution in [1.29, 1.82) is 0 Å². The topological polar surface area (TPSA) is 86.5 Å². The minimum Gasteiger partial charge on any atom is -0.453 e. The summed E-state index contributed by atoms with van der Waals surface area (Å²) < 4.78 is 6.33. The second kappa shape index (κ2) is 7.00. The summed E-state index contributed by atoms with van der Waals surface area (Å²) in [6, 6.07) is 4.36. The highest BCUT2D eigenvalue weighted by atomic mass is 32.2. The summed E-state index contributed by atoms with van der Waals surface area (Å²) in [5.41, 5.74) is 2.64. The Balaban J connectivity index is 1.33.